The number of aromatic nitrogens is 2. The molecule has 3 N–H and O–H groups in total. The van der Waals surface area contributed by atoms with Gasteiger partial charge in [-0.05, 0) is 38.2 Å². The third kappa shape index (κ3) is 5.35. The zero-order chi connectivity index (χ0) is 22.4. The van der Waals surface area contributed by atoms with Gasteiger partial charge in [0.05, 0.1) is 11.4 Å². The van der Waals surface area contributed by atoms with Crippen molar-refractivity contribution in [3.8, 4) is 0 Å². The summed E-state index contributed by atoms with van der Waals surface area (Å²) in [5.74, 6) is -0.0503. The molecule has 0 saturated carbocycles. The Bertz CT molecular complexity index is 1020. The van der Waals surface area contributed by atoms with Crippen molar-refractivity contribution in [1.29, 1.82) is 5.41 Å². The molecular weight excluding hydrogens is 392 g/mol. The number of aryl methyl sites for hydroxylation is 1. The van der Waals surface area contributed by atoms with Gasteiger partial charge in [0.2, 0.25) is 5.91 Å². The molecule has 1 fully saturated rings. The SMILES string of the molecule is CCC/C(=C(\C(=N)c1ccc(C)cc1)c1ccnc(=O)[nH]1)C1CCN(C(=O)CO)CC1. The molecule has 2 aromatic rings. The van der Waals surface area contributed by atoms with Gasteiger partial charge < -0.3 is 15.0 Å². The molecule has 7 nitrogen and oxygen atoms in total. The molecule has 1 aliphatic rings. The molecular formula is C24H30N4O3. The van der Waals surface area contributed by atoms with Crippen LogP contribution in [0.4, 0.5) is 0 Å². The first-order chi connectivity index (χ1) is 14.9. The summed E-state index contributed by atoms with van der Waals surface area (Å²) >= 11 is 0. The van der Waals surface area contributed by atoms with E-state index in [2.05, 4.69) is 16.9 Å². The summed E-state index contributed by atoms with van der Waals surface area (Å²) in [7, 11) is 0. The van der Waals surface area contributed by atoms with E-state index in [-0.39, 0.29) is 11.8 Å². The number of aliphatic hydroxyl groups is 1. The van der Waals surface area contributed by atoms with Crippen LogP contribution >= 0.6 is 0 Å². The standard InChI is InChI=1S/C24H30N4O3/c1-3-4-19(17-10-13-28(14-11-17)21(30)15-29)22(20-9-12-26-24(31)27-20)23(25)18-7-5-16(2)6-8-18/h5-9,12,17,25,29H,3-4,10-11,13-15H2,1-2H3,(H,26,27,31)/b22-19+,25-23?. The molecule has 7 heteroatoms. The van der Waals surface area contributed by atoms with Crippen LogP contribution < -0.4 is 5.69 Å². The van der Waals surface area contributed by atoms with E-state index in [9.17, 15) is 9.59 Å². The molecule has 0 bridgehead atoms. The molecule has 0 aliphatic carbocycles. The monoisotopic (exact) mass is 422 g/mol. The van der Waals surface area contributed by atoms with Crippen molar-refractivity contribution in [2.45, 2.75) is 39.5 Å². The summed E-state index contributed by atoms with van der Waals surface area (Å²) < 4.78 is 0. The van der Waals surface area contributed by atoms with Crippen LogP contribution in [0.25, 0.3) is 5.57 Å². The highest BCUT2D eigenvalue weighted by atomic mass is 16.3. The molecule has 3 rings (SSSR count). The lowest BCUT2D eigenvalue weighted by molar-refractivity contribution is -0.135. The highest BCUT2D eigenvalue weighted by Gasteiger charge is 2.28. The maximum atomic E-state index is 12.0. The molecule has 0 radical (unpaired) electrons. The molecule has 1 amide bonds. The van der Waals surface area contributed by atoms with Crippen molar-refractivity contribution < 1.29 is 9.90 Å². The van der Waals surface area contributed by atoms with Gasteiger partial charge in [0.25, 0.3) is 0 Å². The lowest BCUT2D eigenvalue weighted by atomic mass is 9.80. The Kier molecular flexibility index (Phi) is 7.52. The van der Waals surface area contributed by atoms with Crippen LogP contribution in [0.15, 0.2) is 46.9 Å². The lowest BCUT2D eigenvalue weighted by Crippen LogP contribution is -2.40. The summed E-state index contributed by atoms with van der Waals surface area (Å²) in [6.07, 6.45) is 4.71. The van der Waals surface area contributed by atoms with Crippen LogP contribution in [0.3, 0.4) is 0 Å². The first-order valence-electron chi connectivity index (χ1n) is 10.8. The van der Waals surface area contributed by atoms with Crippen molar-refractivity contribution in [1.82, 2.24) is 14.9 Å². The number of carbonyl (C=O) groups excluding carboxylic acids is 1. The molecule has 1 saturated heterocycles. The topological polar surface area (TPSA) is 110 Å². The minimum atomic E-state index is -0.468. The number of likely N-dealkylation sites (tertiary alicyclic amines) is 1. The molecule has 1 aromatic carbocycles. The van der Waals surface area contributed by atoms with E-state index in [0.717, 1.165) is 48.0 Å². The number of rotatable bonds is 7. The summed E-state index contributed by atoms with van der Waals surface area (Å²) in [4.78, 5) is 32.1. The number of amides is 1. The second-order valence-electron chi connectivity index (χ2n) is 7.99. The number of carbonyl (C=O) groups is 1. The van der Waals surface area contributed by atoms with E-state index >= 15 is 0 Å². The Hall–Kier alpha value is -3.06. The van der Waals surface area contributed by atoms with E-state index in [1.807, 2.05) is 31.2 Å². The van der Waals surface area contributed by atoms with Crippen LogP contribution in [-0.2, 0) is 4.79 Å². The van der Waals surface area contributed by atoms with Gasteiger partial charge in [-0.15, -0.1) is 0 Å². The van der Waals surface area contributed by atoms with Gasteiger partial charge >= 0.3 is 5.69 Å². The van der Waals surface area contributed by atoms with Crippen LogP contribution in [0, 0.1) is 18.3 Å². The number of hydrogen-bond acceptors (Lipinski definition) is 5. The fourth-order valence-corrected chi connectivity index (χ4v) is 4.23. The average Bonchev–Trinajstić information content (AvgIpc) is 2.79. The third-order valence-electron chi connectivity index (χ3n) is 5.85. The largest absolute Gasteiger partial charge is 0.387 e. The van der Waals surface area contributed by atoms with Crippen LogP contribution in [-0.4, -0.2) is 51.3 Å². The van der Waals surface area contributed by atoms with Gasteiger partial charge in [0.1, 0.15) is 6.61 Å². The number of piperidine rings is 1. The Morgan fingerprint density at radius 3 is 2.48 bits per heavy atom. The molecule has 0 unspecified atom stereocenters. The summed E-state index contributed by atoms with van der Waals surface area (Å²) in [6, 6.07) is 9.58. The Labute approximate surface area is 182 Å². The van der Waals surface area contributed by atoms with E-state index < -0.39 is 12.3 Å². The van der Waals surface area contributed by atoms with Crippen molar-refractivity contribution in [3.63, 3.8) is 0 Å². The maximum absolute atomic E-state index is 12.0. The number of aromatic amines is 1. The van der Waals surface area contributed by atoms with Crippen LogP contribution in [0.2, 0.25) is 0 Å². The minimum Gasteiger partial charge on any atom is -0.387 e. The first-order valence-corrected chi connectivity index (χ1v) is 10.8. The number of H-pyrrole nitrogens is 1. The van der Waals surface area contributed by atoms with E-state index in [0.29, 0.717) is 24.5 Å². The predicted octanol–water partition coefficient (Wildman–Crippen LogP) is 2.93. The fourth-order valence-electron chi connectivity index (χ4n) is 4.23. The molecule has 31 heavy (non-hydrogen) atoms. The number of nitrogens with zero attached hydrogens (tertiary/aromatic N) is 2. The molecule has 1 aliphatic heterocycles. The summed E-state index contributed by atoms with van der Waals surface area (Å²) in [5.41, 5.74) is 4.32. The smallest absolute Gasteiger partial charge is 0.345 e. The van der Waals surface area contributed by atoms with Gasteiger partial charge in [-0.1, -0.05) is 48.7 Å². The summed E-state index contributed by atoms with van der Waals surface area (Å²) in [5, 5.41) is 18.2. The Morgan fingerprint density at radius 2 is 1.90 bits per heavy atom. The normalized spacial score (nSPS) is 15.5. The Morgan fingerprint density at radius 1 is 1.23 bits per heavy atom. The lowest BCUT2D eigenvalue weighted by Gasteiger charge is -2.34. The van der Waals surface area contributed by atoms with Crippen molar-refractivity contribution >= 4 is 17.2 Å². The molecule has 164 valence electrons. The molecule has 0 atom stereocenters. The Balaban J connectivity index is 2.07. The highest BCUT2D eigenvalue weighted by molar-refractivity contribution is 6.30. The maximum Gasteiger partial charge on any atom is 0.345 e. The molecule has 1 aromatic heterocycles. The number of allylic oxidation sites excluding steroid dienone is 2. The number of benzene rings is 1. The molecule has 0 spiro atoms. The minimum absolute atomic E-state index is 0.195. The van der Waals surface area contributed by atoms with Gasteiger partial charge in [-0.2, -0.15) is 0 Å². The number of aliphatic hydroxyl groups excluding tert-OH is 1. The van der Waals surface area contributed by atoms with Gasteiger partial charge in [0, 0.05) is 30.4 Å². The highest BCUT2D eigenvalue weighted by Crippen LogP contribution is 2.35. The van der Waals surface area contributed by atoms with Crippen LogP contribution in [0.1, 0.15) is 49.4 Å². The van der Waals surface area contributed by atoms with E-state index in [1.165, 1.54) is 6.20 Å². The zero-order valence-electron chi connectivity index (χ0n) is 18.1. The van der Waals surface area contributed by atoms with Crippen molar-refractivity contribution in [3.05, 3.63) is 69.4 Å². The predicted molar refractivity (Wildman–Crippen MR) is 121 cm³/mol. The van der Waals surface area contributed by atoms with Crippen molar-refractivity contribution in [2.24, 2.45) is 5.92 Å². The number of hydrogen-bond donors (Lipinski definition) is 3. The van der Waals surface area contributed by atoms with Gasteiger partial charge in [-0.25, -0.2) is 9.78 Å². The zero-order valence-corrected chi connectivity index (χ0v) is 18.1. The van der Waals surface area contributed by atoms with Gasteiger partial charge in [0.15, 0.2) is 0 Å². The second-order valence-corrected chi connectivity index (χ2v) is 7.99. The second kappa shape index (κ2) is 10.3. The van der Waals surface area contributed by atoms with Crippen molar-refractivity contribution in [2.75, 3.05) is 19.7 Å². The third-order valence-corrected chi connectivity index (χ3v) is 5.85. The fraction of sp³-hybridized carbons (Fsp3) is 0.417. The van der Waals surface area contributed by atoms with E-state index in [4.69, 9.17) is 10.5 Å². The number of nitrogens with one attached hydrogen (secondary N) is 2. The van der Waals surface area contributed by atoms with Gasteiger partial charge in [-0.3, -0.25) is 10.2 Å². The molecule has 2 heterocycles. The van der Waals surface area contributed by atoms with E-state index in [1.54, 1.807) is 11.0 Å². The van der Waals surface area contributed by atoms with Crippen LogP contribution in [0.5, 0.6) is 0 Å². The summed E-state index contributed by atoms with van der Waals surface area (Å²) in [6.45, 7) is 4.80. The first kappa shape index (κ1) is 22.6. The average molecular weight is 423 g/mol. The quantitative estimate of drug-likeness (QED) is 0.596.